The van der Waals surface area contributed by atoms with Gasteiger partial charge in [0, 0.05) is 6.42 Å². The number of nitrogens with one attached hydrogen (secondary N) is 1. The lowest BCUT2D eigenvalue weighted by atomic mass is 9.33. The number of allylic oxidation sites excluding steroid dienone is 2. The van der Waals surface area contributed by atoms with Gasteiger partial charge in [-0.25, -0.2) is 4.79 Å². The highest BCUT2D eigenvalue weighted by Gasteiger charge is 2.73. The summed E-state index contributed by atoms with van der Waals surface area (Å²) in [6.07, 6.45) is -44.8. The lowest BCUT2D eigenvalue weighted by Gasteiger charge is -2.71. The van der Waals surface area contributed by atoms with E-state index < -0.39 is 273 Å². The summed E-state index contributed by atoms with van der Waals surface area (Å²) in [5.74, 6) is -4.69. The lowest BCUT2D eigenvalue weighted by molar-refractivity contribution is -0.391. The van der Waals surface area contributed by atoms with E-state index in [1.807, 2.05) is 0 Å². The number of carbonyl (C=O) groups excluding carboxylic acids is 3. The van der Waals surface area contributed by atoms with Gasteiger partial charge in [0.2, 0.25) is 12.2 Å². The first-order valence-corrected chi connectivity index (χ1v) is 36.9. The summed E-state index contributed by atoms with van der Waals surface area (Å²) in [5.41, 5.74) is 0.706. The van der Waals surface area contributed by atoms with Crippen LogP contribution in [0.5, 0.6) is 0 Å². The largest absolute Gasteiger partial charge is 0.479 e. The van der Waals surface area contributed by atoms with Crippen molar-refractivity contribution in [2.24, 2.45) is 56.0 Å². The molecule has 11 aliphatic rings. The molecule has 0 bridgehead atoms. The number of carbonyl (C=O) groups is 4. The number of aliphatic hydroxyl groups excluding tert-OH is 16. The summed E-state index contributed by atoms with van der Waals surface area (Å²) in [7, 11) is 0. The molecule has 10 fully saturated rings. The monoisotopic (exact) mass is 1510 g/mol. The molecule has 5 aliphatic carbocycles. The molecular formula is C70H112N2O33. The molecule has 600 valence electrons. The number of esters is 1. The predicted molar refractivity (Wildman–Crippen MR) is 350 cm³/mol. The van der Waals surface area contributed by atoms with Crippen LogP contribution in [0.4, 0.5) is 0 Å². The number of aliphatic carboxylic acids is 1. The second-order valence-electron chi connectivity index (χ2n) is 33.0. The molecule has 11 rings (SSSR count). The lowest BCUT2D eigenvalue weighted by Crippen LogP contribution is -2.70. The van der Waals surface area contributed by atoms with Crippen molar-refractivity contribution < 1.29 is 163 Å². The van der Waals surface area contributed by atoms with Crippen LogP contribution in [0.1, 0.15) is 132 Å². The van der Waals surface area contributed by atoms with Crippen molar-refractivity contribution in [3.63, 3.8) is 0 Å². The minimum Gasteiger partial charge on any atom is -0.479 e. The van der Waals surface area contributed by atoms with Gasteiger partial charge in [-0.1, -0.05) is 59.6 Å². The molecule has 38 atom stereocenters. The molecule has 0 spiro atoms. The highest BCUT2D eigenvalue weighted by atomic mass is 16.8. The maximum atomic E-state index is 16.0. The van der Waals surface area contributed by atoms with E-state index >= 15 is 4.79 Å². The average molecular weight is 1510 g/mol. The topological polar surface area (TPSA) is 561 Å². The summed E-state index contributed by atoms with van der Waals surface area (Å²) >= 11 is 0. The SMILES string of the molecule is CC1O[C@@H](OC2C(O)[C@@H](NC(=O)CCCCCN)C(CO)O[C@H]2OC(=O)[C@]23CCC(C)(C)CC2C2=CCC4C5(C)CC[C@H](O[C@@H]6OC(C(=O)O)[C@@H](O)[C@H](O[C@@H]7OC[C@@H](O)[C@H](O)C7O)C6O[C@@H]6OC(CO)[C@H](O)[C@H](O)C6O)[C@](C)(C=O)[C@@H]5CC[C@]4(C)[C@]2(C)CC3O)C(O)C(O)[C@H]1O[C@@H]1OC[C@@H](O)C(O)C1O. The van der Waals surface area contributed by atoms with Crippen LogP contribution in [0.25, 0.3) is 0 Å². The Morgan fingerprint density at radius 2 is 1.17 bits per heavy atom. The van der Waals surface area contributed by atoms with E-state index in [1.165, 1.54) is 6.92 Å². The number of hydrogen-bond acceptors (Lipinski definition) is 33. The molecule has 35 nitrogen and oxygen atoms in total. The first kappa shape index (κ1) is 82.7. The predicted octanol–water partition coefficient (Wildman–Crippen LogP) is -5.20. The molecule has 0 aromatic carbocycles. The number of aldehydes is 1. The molecule has 0 aromatic rings. The van der Waals surface area contributed by atoms with Crippen molar-refractivity contribution in [3.05, 3.63) is 11.6 Å². The maximum Gasteiger partial charge on any atom is 0.335 e. The Bertz CT molecular complexity index is 3050. The van der Waals surface area contributed by atoms with E-state index in [9.17, 15) is 101 Å². The molecular weight excluding hydrogens is 1400 g/mol. The number of fused-ring (bicyclic) bond motifs is 7. The number of unbranched alkanes of at least 4 members (excludes halogenated alkanes) is 2. The van der Waals surface area contributed by atoms with Gasteiger partial charge in [0.25, 0.3) is 0 Å². The Labute approximate surface area is 607 Å². The number of carboxylic acid groups (broad SMARTS) is 1. The van der Waals surface area contributed by atoms with E-state index in [-0.39, 0.29) is 31.6 Å². The van der Waals surface area contributed by atoms with E-state index in [0.29, 0.717) is 64.3 Å². The Morgan fingerprint density at radius 1 is 0.581 bits per heavy atom. The first-order chi connectivity index (χ1) is 49.4. The molecule has 17 unspecified atom stereocenters. The summed E-state index contributed by atoms with van der Waals surface area (Å²) < 4.78 is 72.8. The Hall–Kier alpha value is -3.30. The van der Waals surface area contributed by atoms with Crippen molar-refractivity contribution in [1.82, 2.24) is 5.32 Å². The zero-order chi connectivity index (χ0) is 76.7. The fourth-order valence-corrected chi connectivity index (χ4v) is 19.9. The Balaban J connectivity index is 0.875. The third-order valence-corrected chi connectivity index (χ3v) is 26.3. The fraction of sp³-hybridized carbons (Fsp3) is 0.914. The number of ether oxygens (including phenoxy) is 12. The van der Waals surface area contributed by atoms with Crippen LogP contribution >= 0.6 is 0 Å². The zero-order valence-corrected chi connectivity index (χ0v) is 60.1. The van der Waals surface area contributed by atoms with Crippen LogP contribution < -0.4 is 11.1 Å². The number of aliphatic hydroxyl groups is 16. The van der Waals surface area contributed by atoms with Gasteiger partial charge in [0.05, 0.1) is 56.2 Å². The van der Waals surface area contributed by atoms with Gasteiger partial charge in [0.1, 0.15) is 122 Å². The molecule has 1 amide bonds. The van der Waals surface area contributed by atoms with Gasteiger partial charge in [-0.3, -0.25) is 9.59 Å². The molecule has 6 saturated heterocycles. The Morgan fingerprint density at radius 3 is 1.79 bits per heavy atom. The van der Waals surface area contributed by atoms with Gasteiger partial charge >= 0.3 is 11.9 Å². The number of rotatable bonds is 22. The highest BCUT2D eigenvalue weighted by Crippen LogP contribution is 2.76. The van der Waals surface area contributed by atoms with Gasteiger partial charge in [-0.2, -0.15) is 0 Å². The highest BCUT2D eigenvalue weighted by molar-refractivity contribution is 5.80. The molecule has 105 heavy (non-hydrogen) atoms. The molecule has 6 aliphatic heterocycles. The molecule has 0 radical (unpaired) electrons. The van der Waals surface area contributed by atoms with Gasteiger partial charge in [-0.05, 0) is 124 Å². The normalized spacial score (nSPS) is 51.3. The molecule has 4 saturated carbocycles. The maximum absolute atomic E-state index is 16.0. The van der Waals surface area contributed by atoms with Crippen LogP contribution in [-0.4, -0.2) is 328 Å². The number of nitrogens with two attached hydrogens (primary N) is 1. The minimum atomic E-state index is -2.23. The first-order valence-electron chi connectivity index (χ1n) is 36.9. The van der Waals surface area contributed by atoms with Crippen molar-refractivity contribution in [3.8, 4) is 0 Å². The van der Waals surface area contributed by atoms with Crippen LogP contribution in [0.3, 0.4) is 0 Å². The van der Waals surface area contributed by atoms with Crippen LogP contribution in [0, 0.1) is 50.2 Å². The van der Waals surface area contributed by atoms with Crippen LogP contribution in [0.2, 0.25) is 0 Å². The third kappa shape index (κ3) is 14.9. The van der Waals surface area contributed by atoms with Gasteiger partial charge < -0.3 is 159 Å². The second-order valence-corrected chi connectivity index (χ2v) is 33.0. The van der Waals surface area contributed by atoms with Crippen LogP contribution in [0.15, 0.2) is 11.6 Å². The Kier molecular flexibility index (Phi) is 25.2. The fourth-order valence-electron chi connectivity index (χ4n) is 19.9. The second kappa shape index (κ2) is 32.1. The number of amides is 1. The van der Waals surface area contributed by atoms with Crippen LogP contribution in [-0.2, 0) is 76.0 Å². The molecule has 20 N–H and O–H groups in total. The summed E-state index contributed by atoms with van der Waals surface area (Å²) in [6, 6.07) is -1.44. The number of hydrogen-bond donors (Lipinski definition) is 19. The van der Waals surface area contributed by atoms with Gasteiger partial charge in [0.15, 0.2) is 43.7 Å². The average Bonchev–Trinajstić information content (AvgIpc) is 0.671. The zero-order valence-electron chi connectivity index (χ0n) is 60.1. The summed E-state index contributed by atoms with van der Waals surface area (Å²) in [6.45, 7) is 11.2. The standard InChI is InChI=1S/C70H112N2O33/c1-28-52(100-58-47(86)41(80)31(76)25-94-58)46(85)50(89)60(96-28)103-55-44(83)40(72-39(79)11-9-8-10-20-71)33(23-73)97-62(55)105-64(93)70-19-18-65(2,3)21-30(70)29-12-13-36-66(4)16-15-38(67(5,27-75)35(66)14-17-68(36,6)69(29,7)22-37(70)78)99-63-56(104-61-49(88)45(84)43(82)34(24-74)98-61)53(51(90)54(102-63)57(91)92)101-59-48(87)42(81)32(77)26-95-59/h12,27-28,30-38,40-56,58-63,73-74,76-78,80-90H,8-11,13-26,71H2,1-7H3,(H,72,79)(H,91,92)/t28?,30?,31-,32-,33?,34?,35-,36?,37?,38+,40+,41?,42+,43+,44?,45+,46?,47?,48?,49?,50?,51+,52+,53+,54?,55?,56?,58+,59+,60+,61+,62+,63-,66?,67-,68+,69-,70-/m1/s1. The van der Waals surface area contributed by atoms with E-state index in [4.69, 9.17) is 62.6 Å². The van der Waals surface area contributed by atoms with Crippen molar-refractivity contribution in [2.75, 3.05) is 33.0 Å². The van der Waals surface area contributed by atoms with E-state index in [1.54, 1.807) is 6.92 Å². The van der Waals surface area contributed by atoms with Crippen molar-refractivity contribution in [1.29, 1.82) is 0 Å². The molecule has 35 heteroatoms. The molecule has 0 aromatic heterocycles. The van der Waals surface area contributed by atoms with E-state index in [0.717, 1.165) is 11.9 Å². The number of carboxylic acids is 1. The minimum absolute atomic E-state index is 0.0129. The summed E-state index contributed by atoms with van der Waals surface area (Å²) in [5, 5.41) is 191. The van der Waals surface area contributed by atoms with E-state index in [2.05, 4.69) is 46.0 Å². The smallest absolute Gasteiger partial charge is 0.335 e. The van der Waals surface area contributed by atoms with Crippen molar-refractivity contribution in [2.45, 2.75) is 316 Å². The molecule has 6 heterocycles. The summed E-state index contributed by atoms with van der Waals surface area (Å²) in [4.78, 5) is 56.8. The quantitative estimate of drug-likeness (QED) is 0.0158. The third-order valence-electron chi connectivity index (χ3n) is 26.3. The van der Waals surface area contributed by atoms with Gasteiger partial charge in [-0.15, -0.1) is 0 Å². The van der Waals surface area contributed by atoms with Crippen molar-refractivity contribution >= 4 is 24.1 Å².